The Kier molecular flexibility index (Phi) is 4.84. The second kappa shape index (κ2) is 7.08. The van der Waals surface area contributed by atoms with Crippen molar-refractivity contribution in [2.24, 2.45) is 0 Å². The van der Waals surface area contributed by atoms with E-state index >= 15 is 0 Å². The topological polar surface area (TPSA) is 123 Å². The van der Waals surface area contributed by atoms with Gasteiger partial charge in [-0.05, 0) is 57.2 Å². The molecule has 1 aliphatic rings. The molecule has 0 amide bonds. The minimum atomic E-state index is -3.69. The Morgan fingerprint density at radius 1 is 1.28 bits per heavy atom. The number of aliphatic hydroxyl groups is 1. The molecule has 0 spiro atoms. The standard InChI is InChI=1S/C20H25N5O3S/c1-13-3-4-15(29(27,28)24-14-5-7-20(2,26)8-6-14)11-16(13)17-12-23-19-18(21)22-9-10-25(17)19/h3-4,9-12,14,24,26H,5-8H2,1-2H3,(H2,21,22)/t14-,20+. The Balaban J connectivity index is 1.67. The van der Waals surface area contributed by atoms with Crippen LogP contribution in [0, 0.1) is 6.92 Å². The van der Waals surface area contributed by atoms with E-state index < -0.39 is 15.6 Å². The summed E-state index contributed by atoms with van der Waals surface area (Å²) in [7, 11) is -3.69. The molecule has 3 aromatic rings. The number of hydrogen-bond acceptors (Lipinski definition) is 6. The van der Waals surface area contributed by atoms with Gasteiger partial charge < -0.3 is 10.8 Å². The number of nitrogens with one attached hydrogen (secondary N) is 1. The van der Waals surface area contributed by atoms with Crippen LogP contribution >= 0.6 is 0 Å². The zero-order valence-corrected chi connectivity index (χ0v) is 17.3. The molecule has 29 heavy (non-hydrogen) atoms. The van der Waals surface area contributed by atoms with Crippen molar-refractivity contribution in [1.29, 1.82) is 0 Å². The second-order valence-corrected chi connectivity index (χ2v) is 9.73. The summed E-state index contributed by atoms with van der Waals surface area (Å²) in [6.07, 6.45) is 7.40. The first-order valence-corrected chi connectivity index (χ1v) is 11.1. The van der Waals surface area contributed by atoms with Gasteiger partial charge in [0.25, 0.3) is 0 Å². The van der Waals surface area contributed by atoms with Gasteiger partial charge in [-0.1, -0.05) is 6.07 Å². The molecule has 1 aromatic carbocycles. The normalized spacial score (nSPS) is 22.8. The van der Waals surface area contributed by atoms with Gasteiger partial charge in [-0.2, -0.15) is 0 Å². The molecule has 0 atom stereocenters. The highest BCUT2D eigenvalue weighted by atomic mass is 32.2. The number of nitrogens with two attached hydrogens (primary N) is 1. The maximum Gasteiger partial charge on any atom is 0.240 e. The second-order valence-electron chi connectivity index (χ2n) is 8.02. The van der Waals surface area contributed by atoms with E-state index in [2.05, 4.69) is 14.7 Å². The third-order valence-electron chi connectivity index (χ3n) is 5.64. The molecule has 1 aliphatic carbocycles. The summed E-state index contributed by atoms with van der Waals surface area (Å²) in [5.41, 5.74) is 8.15. The van der Waals surface area contributed by atoms with Gasteiger partial charge in [-0.25, -0.2) is 23.1 Å². The molecule has 8 nitrogen and oxygen atoms in total. The van der Waals surface area contributed by atoms with Crippen LogP contribution in [0.25, 0.3) is 16.9 Å². The molecule has 0 radical (unpaired) electrons. The smallest absolute Gasteiger partial charge is 0.240 e. The molecule has 1 fully saturated rings. The minimum Gasteiger partial charge on any atom is -0.390 e. The Morgan fingerprint density at radius 3 is 2.72 bits per heavy atom. The molecule has 2 heterocycles. The lowest BCUT2D eigenvalue weighted by molar-refractivity contribution is 0.0163. The molecule has 0 bridgehead atoms. The van der Waals surface area contributed by atoms with Crippen LogP contribution in [0.15, 0.2) is 41.7 Å². The fourth-order valence-corrected chi connectivity index (χ4v) is 5.16. The van der Waals surface area contributed by atoms with Crippen LogP contribution in [0.1, 0.15) is 38.2 Å². The van der Waals surface area contributed by atoms with Crippen molar-refractivity contribution in [3.8, 4) is 11.3 Å². The minimum absolute atomic E-state index is 0.174. The highest BCUT2D eigenvalue weighted by Gasteiger charge is 2.31. The van der Waals surface area contributed by atoms with Crippen molar-refractivity contribution >= 4 is 21.5 Å². The summed E-state index contributed by atoms with van der Waals surface area (Å²) in [4.78, 5) is 8.56. The zero-order chi connectivity index (χ0) is 20.8. The third-order valence-corrected chi connectivity index (χ3v) is 7.15. The van der Waals surface area contributed by atoms with Crippen LogP contribution in [0.5, 0.6) is 0 Å². The highest BCUT2D eigenvalue weighted by molar-refractivity contribution is 7.89. The molecular formula is C20H25N5O3S. The lowest BCUT2D eigenvalue weighted by Crippen LogP contribution is -2.42. The predicted molar refractivity (Wildman–Crippen MR) is 111 cm³/mol. The van der Waals surface area contributed by atoms with Crippen LogP contribution in [-0.4, -0.2) is 39.5 Å². The predicted octanol–water partition coefficient (Wildman–Crippen LogP) is 2.26. The van der Waals surface area contributed by atoms with Crippen LogP contribution < -0.4 is 10.5 Å². The van der Waals surface area contributed by atoms with Gasteiger partial charge in [-0.3, -0.25) is 4.40 Å². The maximum atomic E-state index is 13.0. The molecule has 0 aliphatic heterocycles. The van der Waals surface area contributed by atoms with Crippen LogP contribution in [0.3, 0.4) is 0 Å². The third kappa shape index (κ3) is 3.85. The van der Waals surface area contributed by atoms with Gasteiger partial charge in [0.1, 0.15) is 0 Å². The van der Waals surface area contributed by atoms with E-state index in [9.17, 15) is 13.5 Å². The molecule has 4 N–H and O–H groups in total. The van der Waals surface area contributed by atoms with Crippen molar-refractivity contribution in [1.82, 2.24) is 19.1 Å². The monoisotopic (exact) mass is 415 g/mol. The van der Waals surface area contributed by atoms with E-state index in [4.69, 9.17) is 5.73 Å². The maximum absolute atomic E-state index is 13.0. The molecule has 2 aromatic heterocycles. The number of hydrogen-bond donors (Lipinski definition) is 3. The summed E-state index contributed by atoms with van der Waals surface area (Å²) < 4.78 is 30.6. The van der Waals surface area contributed by atoms with E-state index in [0.717, 1.165) is 16.8 Å². The summed E-state index contributed by atoms with van der Waals surface area (Å²) in [6.45, 7) is 3.72. The molecule has 1 saturated carbocycles. The summed E-state index contributed by atoms with van der Waals surface area (Å²) in [6, 6.07) is 4.89. The summed E-state index contributed by atoms with van der Waals surface area (Å²) in [5.74, 6) is 0.315. The molecule has 9 heteroatoms. The Hall–Kier alpha value is -2.49. The fourth-order valence-electron chi connectivity index (χ4n) is 3.83. The Morgan fingerprint density at radius 2 is 2.00 bits per heavy atom. The molecular weight excluding hydrogens is 390 g/mol. The lowest BCUT2D eigenvalue weighted by atomic mass is 9.84. The first-order chi connectivity index (χ1) is 13.7. The lowest BCUT2D eigenvalue weighted by Gasteiger charge is -2.33. The van der Waals surface area contributed by atoms with Crippen molar-refractivity contribution in [3.63, 3.8) is 0 Å². The van der Waals surface area contributed by atoms with E-state index in [1.54, 1.807) is 48.1 Å². The van der Waals surface area contributed by atoms with Gasteiger partial charge in [0.05, 0.1) is 22.4 Å². The van der Waals surface area contributed by atoms with E-state index in [0.29, 0.717) is 37.1 Å². The number of sulfonamides is 1. The van der Waals surface area contributed by atoms with Gasteiger partial charge in [-0.15, -0.1) is 0 Å². The van der Waals surface area contributed by atoms with Crippen molar-refractivity contribution in [2.75, 3.05) is 5.73 Å². The van der Waals surface area contributed by atoms with Crippen molar-refractivity contribution < 1.29 is 13.5 Å². The van der Waals surface area contributed by atoms with E-state index in [-0.39, 0.29) is 10.9 Å². The van der Waals surface area contributed by atoms with E-state index in [1.165, 1.54) is 0 Å². The first kappa shape index (κ1) is 19.8. The van der Waals surface area contributed by atoms with Gasteiger partial charge in [0.15, 0.2) is 11.5 Å². The highest BCUT2D eigenvalue weighted by Crippen LogP contribution is 2.30. The Bertz CT molecular complexity index is 1160. The quantitative estimate of drug-likeness (QED) is 0.601. The van der Waals surface area contributed by atoms with E-state index in [1.807, 2.05) is 6.92 Å². The number of nitrogen functional groups attached to an aromatic ring is 1. The number of aromatic nitrogens is 3. The molecule has 4 rings (SSSR count). The molecule has 154 valence electrons. The number of anilines is 1. The number of rotatable bonds is 4. The summed E-state index contributed by atoms with van der Waals surface area (Å²) >= 11 is 0. The number of fused-ring (bicyclic) bond motifs is 1. The van der Waals surface area contributed by atoms with Crippen molar-refractivity contribution in [2.45, 2.75) is 56.1 Å². The SMILES string of the molecule is Cc1ccc(S(=O)(=O)N[C@H]2CC[C@@](C)(O)CC2)cc1-c1cnc2c(N)nccn12. The number of imidazole rings is 1. The average molecular weight is 416 g/mol. The van der Waals surface area contributed by atoms with Crippen LogP contribution in [0.4, 0.5) is 5.82 Å². The number of benzene rings is 1. The zero-order valence-electron chi connectivity index (χ0n) is 16.5. The Labute approximate surface area is 169 Å². The average Bonchev–Trinajstić information content (AvgIpc) is 3.09. The first-order valence-electron chi connectivity index (χ1n) is 9.60. The number of aryl methyl sites for hydroxylation is 1. The van der Waals surface area contributed by atoms with Gasteiger partial charge in [0.2, 0.25) is 10.0 Å². The van der Waals surface area contributed by atoms with Gasteiger partial charge in [0, 0.05) is 24.0 Å². The van der Waals surface area contributed by atoms with Crippen molar-refractivity contribution in [3.05, 3.63) is 42.4 Å². The van der Waals surface area contributed by atoms with Crippen LogP contribution in [0.2, 0.25) is 0 Å². The largest absolute Gasteiger partial charge is 0.390 e. The van der Waals surface area contributed by atoms with Gasteiger partial charge >= 0.3 is 0 Å². The number of nitrogens with zero attached hydrogens (tertiary/aromatic N) is 3. The summed E-state index contributed by atoms with van der Waals surface area (Å²) in [5, 5.41) is 10.1. The molecule has 0 saturated heterocycles. The van der Waals surface area contributed by atoms with Crippen LogP contribution in [-0.2, 0) is 10.0 Å². The molecule has 0 unspecified atom stereocenters. The fraction of sp³-hybridized carbons (Fsp3) is 0.400.